The molecule has 0 saturated heterocycles. The van der Waals surface area contributed by atoms with Crippen LogP contribution in [0.3, 0.4) is 0 Å². The van der Waals surface area contributed by atoms with Crippen molar-refractivity contribution in [1.29, 1.82) is 0 Å². The molecule has 1 aromatic heterocycles. The standard InChI is InChI=1S/C13H13NO5/c1-9(10-5-3-2-4-6-10)18-13(17)19-14-11(15)7-8-12(14)16/h2-9,15-16H,1H3/t9-/m0/s1. The summed E-state index contributed by atoms with van der Waals surface area (Å²) in [5.41, 5.74) is 0.806. The Morgan fingerprint density at radius 1 is 1.11 bits per heavy atom. The van der Waals surface area contributed by atoms with Crippen molar-refractivity contribution in [3.05, 3.63) is 48.0 Å². The first-order valence-electron chi connectivity index (χ1n) is 5.61. The van der Waals surface area contributed by atoms with Gasteiger partial charge in [-0.05, 0) is 12.5 Å². The fourth-order valence-electron chi connectivity index (χ4n) is 1.53. The fourth-order valence-corrected chi connectivity index (χ4v) is 1.53. The number of carbonyl (C=O) groups is 1. The van der Waals surface area contributed by atoms with E-state index in [1.54, 1.807) is 6.92 Å². The average Bonchev–Trinajstić information content (AvgIpc) is 2.71. The van der Waals surface area contributed by atoms with Crippen LogP contribution in [0, 0.1) is 0 Å². The molecule has 2 rings (SSSR count). The van der Waals surface area contributed by atoms with Gasteiger partial charge in [0.1, 0.15) is 6.10 Å². The lowest BCUT2D eigenvalue weighted by Crippen LogP contribution is -2.21. The van der Waals surface area contributed by atoms with Crippen molar-refractivity contribution in [2.24, 2.45) is 0 Å². The molecule has 0 fully saturated rings. The molecule has 0 aliphatic carbocycles. The predicted octanol–water partition coefficient (Wildman–Crippen LogP) is 2.23. The molecule has 0 aliphatic heterocycles. The fraction of sp³-hybridized carbons (Fsp3) is 0.154. The van der Waals surface area contributed by atoms with Crippen molar-refractivity contribution in [2.75, 3.05) is 0 Å². The van der Waals surface area contributed by atoms with Crippen molar-refractivity contribution in [3.63, 3.8) is 0 Å². The first kappa shape index (κ1) is 12.8. The summed E-state index contributed by atoms with van der Waals surface area (Å²) in [6, 6.07) is 11.5. The number of hydrogen-bond donors (Lipinski definition) is 2. The van der Waals surface area contributed by atoms with E-state index in [9.17, 15) is 15.0 Å². The second-order valence-electron chi connectivity index (χ2n) is 3.86. The van der Waals surface area contributed by atoms with Gasteiger partial charge < -0.3 is 14.9 Å². The van der Waals surface area contributed by atoms with Crippen LogP contribution in [0.2, 0.25) is 0 Å². The summed E-state index contributed by atoms with van der Waals surface area (Å²) in [6.45, 7) is 1.69. The van der Waals surface area contributed by atoms with Crippen molar-refractivity contribution in [1.82, 2.24) is 4.73 Å². The third kappa shape index (κ3) is 2.98. The number of carbonyl (C=O) groups excluding carboxylic acids is 1. The first-order valence-corrected chi connectivity index (χ1v) is 5.61. The average molecular weight is 263 g/mol. The number of benzene rings is 1. The van der Waals surface area contributed by atoms with E-state index in [4.69, 9.17) is 4.74 Å². The summed E-state index contributed by atoms with van der Waals surface area (Å²) in [5.74, 6) is -0.802. The Morgan fingerprint density at radius 2 is 1.68 bits per heavy atom. The maximum Gasteiger partial charge on any atom is 0.534 e. The van der Waals surface area contributed by atoms with E-state index in [2.05, 4.69) is 4.84 Å². The molecule has 19 heavy (non-hydrogen) atoms. The molecule has 6 nitrogen and oxygen atoms in total. The zero-order chi connectivity index (χ0) is 13.8. The molecule has 0 unspecified atom stereocenters. The molecule has 1 atom stereocenters. The Hall–Kier alpha value is -2.63. The summed E-state index contributed by atoms with van der Waals surface area (Å²) in [6.07, 6.45) is -1.54. The highest BCUT2D eigenvalue weighted by atomic mass is 16.8. The lowest BCUT2D eigenvalue weighted by atomic mass is 10.1. The molecule has 0 radical (unpaired) electrons. The molecule has 1 heterocycles. The highest BCUT2D eigenvalue weighted by molar-refractivity contribution is 5.61. The second-order valence-corrected chi connectivity index (χ2v) is 3.86. The number of rotatable bonds is 3. The minimum atomic E-state index is -1.03. The zero-order valence-corrected chi connectivity index (χ0v) is 10.2. The van der Waals surface area contributed by atoms with Gasteiger partial charge in [0.2, 0.25) is 11.8 Å². The number of ether oxygens (including phenoxy) is 1. The van der Waals surface area contributed by atoms with Crippen molar-refractivity contribution >= 4 is 6.16 Å². The molecule has 0 bridgehead atoms. The quantitative estimate of drug-likeness (QED) is 0.830. The smallest absolute Gasteiger partial charge is 0.492 e. The van der Waals surface area contributed by atoms with Gasteiger partial charge in [-0.15, -0.1) is 4.73 Å². The van der Waals surface area contributed by atoms with Crippen LogP contribution < -0.4 is 4.84 Å². The van der Waals surface area contributed by atoms with Gasteiger partial charge in [-0.2, -0.15) is 0 Å². The first-order chi connectivity index (χ1) is 9.08. The number of hydrogen-bond acceptors (Lipinski definition) is 5. The molecule has 6 heteroatoms. The summed E-state index contributed by atoms with van der Waals surface area (Å²) in [7, 11) is 0. The van der Waals surface area contributed by atoms with Crippen LogP contribution in [-0.4, -0.2) is 21.1 Å². The SMILES string of the molecule is C[C@H](OC(=O)On1c(O)ccc1O)c1ccccc1. The van der Waals surface area contributed by atoms with Gasteiger partial charge in [0.15, 0.2) is 0 Å². The largest absolute Gasteiger partial charge is 0.534 e. The van der Waals surface area contributed by atoms with Gasteiger partial charge >= 0.3 is 6.16 Å². The highest BCUT2D eigenvalue weighted by Gasteiger charge is 2.16. The lowest BCUT2D eigenvalue weighted by molar-refractivity contribution is 0.0134. The molecule has 0 spiro atoms. The normalized spacial score (nSPS) is 11.8. The van der Waals surface area contributed by atoms with Gasteiger partial charge in [-0.1, -0.05) is 30.3 Å². The van der Waals surface area contributed by atoms with E-state index in [1.165, 1.54) is 12.1 Å². The van der Waals surface area contributed by atoms with Crippen LogP contribution in [-0.2, 0) is 4.74 Å². The van der Waals surface area contributed by atoms with E-state index in [0.717, 1.165) is 5.56 Å². The van der Waals surface area contributed by atoms with Crippen molar-refractivity contribution in [3.8, 4) is 11.8 Å². The Morgan fingerprint density at radius 3 is 2.26 bits per heavy atom. The van der Waals surface area contributed by atoms with Crippen LogP contribution in [0.5, 0.6) is 11.8 Å². The van der Waals surface area contributed by atoms with E-state index in [-0.39, 0.29) is 0 Å². The molecule has 100 valence electrons. The maximum absolute atomic E-state index is 11.5. The van der Waals surface area contributed by atoms with Gasteiger partial charge in [-0.3, -0.25) is 4.84 Å². The summed E-state index contributed by atoms with van der Waals surface area (Å²) in [4.78, 5) is 16.2. The van der Waals surface area contributed by atoms with Crippen LogP contribution in [0.15, 0.2) is 42.5 Å². The topological polar surface area (TPSA) is 80.9 Å². The number of aromatic nitrogens is 1. The molecular formula is C13H13NO5. The molecule has 0 aliphatic rings. The van der Waals surface area contributed by atoms with Crippen molar-refractivity contribution in [2.45, 2.75) is 13.0 Å². The molecule has 1 aromatic carbocycles. The maximum atomic E-state index is 11.5. The molecule has 0 saturated carbocycles. The predicted molar refractivity (Wildman–Crippen MR) is 65.7 cm³/mol. The number of nitrogens with zero attached hydrogens (tertiary/aromatic N) is 1. The monoisotopic (exact) mass is 263 g/mol. The van der Waals surface area contributed by atoms with E-state index >= 15 is 0 Å². The Kier molecular flexibility index (Phi) is 3.61. The van der Waals surface area contributed by atoms with Crippen LogP contribution in [0.1, 0.15) is 18.6 Å². The molecule has 0 amide bonds. The van der Waals surface area contributed by atoms with Crippen molar-refractivity contribution < 1.29 is 24.6 Å². The second kappa shape index (κ2) is 5.34. The zero-order valence-electron chi connectivity index (χ0n) is 10.2. The van der Waals surface area contributed by atoms with Gasteiger partial charge in [-0.25, -0.2) is 4.79 Å². The summed E-state index contributed by atoms with van der Waals surface area (Å²) in [5, 5.41) is 18.6. The summed E-state index contributed by atoms with van der Waals surface area (Å²) >= 11 is 0. The Balaban J connectivity index is 1.99. The molecule has 2 aromatic rings. The van der Waals surface area contributed by atoms with Crippen LogP contribution in [0.4, 0.5) is 4.79 Å². The lowest BCUT2D eigenvalue weighted by Gasteiger charge is -2.13. The highest BCUT2D eigenvalue weighted by Crippen LogP contribution is 2.20. The number of aromatic hydroxyl groups is 2. The van der Waals surface area contributed by atoms with Crippen LogP contribution >= 0.6 is 0 Å². The van der Waals surface area contributed by atoms with Crippen LogP contribution in [0.25, 0.3) is 0 Å². The minimum Gasteiger partial charge on any atom is -0.492 e. The Bertz CT molecular complexity index is 544. The molecular weight excluding hydrogens is 250 g/mol. The van der Waals surface area contributed by atoms with E-state index in [1.807, 2.05) is 30.3 Å². The van der Waals surface area contributed by atoms with E-state index < -0.39 is 24.0 Å². The van der Waals surface area contributed by atoms with Gasteiger partial charge in [0.05, 0.1) is 0 Å². The minimum absolute atomic E-state index is 0.401. The Labute approximate surface area is 109 Å². The summed E-state index contributed by atoms with van der Waals surface area (Å²) < 4.78 is 5.58. The molecule has 2 N–H and O–H groups in total. The third-order valence-corrected chi connectivity index (χ3v) is 2.51. The third-order valence-electron chi connectivity index (χ3n) is 2.51. The van der Waals surface area contributed by atoms with E-state index in [0.29, 0.717) is 4.73 Å². The van der Waals surface area contributed by atoms with Gasteiger partial charge in [0, 0.05) is 12.1 Å². The van der Waals surface area contributed by atoms with Gasteiger partial charge in [0.25, 0.3) is 0 Å².